The fourth-order valence-corrected chi connectivity index (χ4v) is 2.02. The summed E-state index contributed by atoms with van der Waals surface area (Å²) in [5, 5.41) is 9.81. The average Bonchev–Trinajstić information content (AvgIpc) is 2.62. The van der Waals surface area contributed by atoms with Gasteiger partial charge in [-0.3, -0.25) is 4.79 Å². The van der Waals surface area contributed by atoms with E-state index in [4.69, 9.17) is 4.52 Å². The Morgan fingerprint density at radius 2 is 2.44 bits per heavy atom. The van der Waals surface area contributed by atoms with Crippen LogP contribution in [0.2, 0.25) is 0 Å². The molecule has 2 heterocycles. The molecular formula is C12H20N4O2. The summed E-state index contributed by atoms with van der Waals surface area (Å²) in [7, 11) is 0. The van der Waals surface area contributed by atoms with Gasteiger partial charge in [0.05, 0.1) is 0 Å². The Hall–Kier alpha value is -1.40. The Morgan fingerprint density at radius 3 is 3.22 bits per heavy atom. The van der Waals surface area contributed by atoms with Crippen LogP contribution in [0.1, 0.15) is 18.6 Å². The number of aromatic nitrogens is 1. The second kappa shape index (κ2) is 6.51. The van der Waals surface area contributed by atoms with Crippen LogP contribution in [0.5, 0.6) is 0 Å². The average molecular weight is 252 g/mol. The molecule has 0 spiro atoms. The number of aryl methyl sites for hydroxylation is 1. The number of amides is 1. The molecule has 0 saturated carbocycles. The van der Waals surface area contributed by atoms with Gasteiger partial charge < -0.3 is 20.1 Å². The van der Waals surface area contributed by atoms with Crippen LogP contribution >= 0.6 is 0 Å². The third-order valence-electron chi connectivity index (χ3n) is 2.98. The maximum atomic E-state index is 11.7. The number of carbonyl (C=O) groups excluding carboxylic acids is 1. The van der Waals surface area contributed by atoms with Gasteiger partial charge in [0.2, 0.25) is 5.91 Å². The SMILES string of the molecule is Cc1cc(NC(=O)CCN2CCCNCC2)no1. The van der Waals surface area contributed by atoms with Crippen molar-refractivity contribution in [2.75, 3.05) is 38.0 Å². The summed E-state index contributed by atoms with van der Waals surface area (Å²) in [6.45, 7) is 6.74. The second-order valence-electron chi connectivity index (χ2n) is 4.57. The van der Waals surface area contributed by atoms with E-state index in [1.807, 2.05) is 0 Å². The minimum atomic E-state index is -0.0134. The minimum Gasteiger partial charge on any atom is -0.360 e. The molecule has 0 bridgehead atoms. The maximum Gasteiger partial charge on any atom is 0.226 e. The maximum absolute atomic E-state index is 11.7. The quantitative estimate of drug-likeness (QED) is 0.821. The van der Waals surface area contributed by atoms with Crippen LogP contribution < -0.4 is 10.6 Å². The monoisotopic (exact) mass is 252 g/mol. The topological polar surface area (TPSA) is 70.4 Å². The zero-order chi connectivity index (χ0) is 12.8. The summed E-state index contributed by atoms with van der Waals surface area (Å²) >= 11 is 0. The van der Waals surface area contributed by atoms with E-state index in [2.05, 4.69) is 20.7 Å². The summed E-state index contributed by atoms with van der Waals surface area (Å²) in [5.41, 5.74) is 0. The van der Waals surface area contributed by atoms with E-state index in [0.717, 1.165) is 39.1 Å². The van der Waals surface area contributed by atoms with Crippen molar-refractivity contribution in [3.05, 3.63) is 11.8 Å². The number of carbonyl (C=O) groups is 1. The van der Waals surface area contributed by atoms with Crippen molar-refractivity contribution in [3.8, 4) is 0 Å². The van der Waals surface area contributed by atoms with Gasteiger partial charge in [0.1, 0.15) is 5.76 Å². The fraction of sp³-hybridized carbons (Fsp3) is 0.667. The van der Waals surface area contributed by atoms with Crippen molar-refractivity contribution in [3.63, 3.8) is 0 Å². The zero-order valence-corrected chi connectivity index (χ0v) is 10.7. The molecule has 1 aliphatic heterocycles. The van der Waals surface area contributed by atoms with E-state index in [0.29, 0.717) is 18.0 Å². The van der Waals surface area contributed by atoms with Crippen molar-refractivity contribution in [2.24, 2.45) is 0 Å². The predicted molar refractivity (Wildman–Crippen MR) is 68.4 cm³/mol. The number of rotatable bonds is 4. The Kier molecular flexibility index (Phi) is 4.72. The normalized spacial score (nSPS) is 17.4. The highest BCUT2D eigenvalue weighted by molar-refractivity contribution is 5.89. The lowest BCUT2D eigenvalue weighted by molar-refractivity contribution is -0.116. The van der Waals surface area contributed by atoms with Crippen molar-refractivity contribution in [2.45, 2.75) is 19.8 Å². The molecule has 0 aliphatic carbocycles. The molecule has 0 unspecified atom stereocenters. The van der Waals surface area contributed by atoms with Gasteiger partial charge in [0, 0.05) is 32.1 Å². The van der Waals surface area contributed by atoms with Gasteiger partial charge in [-0.05, 0) is 26.4 Å². The van der Waals surface area contributed by atoms with E-state index >= 15 is 0 Å². The third kappa shape index (κ3) is 4.12. The molecule has 1 aliphatic rings. The van der Waals surface area contributed by atoms with E-state index in [-0.39, 0.29) is 5.91 Å². The number of nitrogens with one attached hydrogen (secondary N) is 2. The molecule has 1 saturated heterocycles. The van der Waals surface area contributed by atoms with Gasteiger partial charge in [0.15, 0.2) is 5.82 Å². The first kappa shape index (κ1) is 13.0. The summed E-state index contributed by atoms with van der Waals surface area (Å²) < 4.78 is 4.89. The Morgan fingerprint density at radius 1 is 1.56 bits per heavy atom. The Balaban J connectivity index is 1.70. The van der Waals surface area contributed by atoms with Gasteiger partial charge in [-0.1, -0.05) is 5.16 Å². The van der Waals surface area contributed by atoms with Gasteiger partial charge in [-0.2, -0.15) is 0 Å². The van der Waals surface area contributed by atoms with Crippen LogP contribution in [-0.2, 0) is 4.79 Å². The van der Waals surface area contributed by atoms with Crippen molar-refractivity contribution < 1.29 is 9.32 Å². The van der Waals surface area contributed by atoms with Crippen LogP contribution in [0, 0.1) is 6.92 Å². The summed E-state index contributed by atoms with van der Waals surface area (Å²) in [6.07, 6.45) is 1.63. The highest BCUT2D eigenvalue weighted by Gasteiger charge is 2.11. The fourth-order valence-electron chi connectivity index (χ4n) is 2.02. The lowest BCUT2D eigenvalue weighted by Gasteiger charge is -2.18. The summed E-state index contributed by atoms with van der Waals surface area (Å²) in [5.74, 6) is 1.18. The van der Waals surface area contributed by atoms with Gasteiger partial charge in [-0.25, -0.2) is 0 Å². The molecule has 1 fully saturated rings. The number of hydrogen-bond donors (Lipinski definition) is 2. The molecule has 1 aromatic rings. The summed E-state index contributed by atoms with van der Waals surface area (Å²) in [4.78, 5) is 14.0. The molecule has 1 amide bonds. The van der Waals surface area contributed by atoms with Crippen molar-refractivity contribution >= 4 is 11.7 Å². The number of nitrogens with zero attached hydrogens (tertiary/aromatic N) is 2. The lowest BCUT2D eigenvalue weighted by Crippen LogP contribution is -2.31. The summed E-state index contributed by atoms with van der Waals surface area (Å²) in [6, 6.07) is 1.72. The van der Waals surface area contributed by atoms with Crippen LogP contribution in [0.3, 0.4) is 0 Å². The molecule has 2 N–H and O–H groups in total. The molecule has 6 nitrogen and oxygen atoms in total. The van der Waals surface area contributed by atoms with Crippen LogP contribution in [0.15, 0.2) is 10.6 Å². The highest BCUT2D eigenvalue weighted by atomic mass is 16.5. The smallest absolute Gasteiger partial charge is 0.226 e. The predicted octanol–water partition coefficient (Wildman–Crippen LogP) is 0.607. The first-order chi connectivity index (χ1) is 8.74. The van der Waals surface area contributed by atoms with Crippen LogP contribution in [0.25, 0.3) is 0 Å². The standard InChI is InChI=1S/C12H20N4O2/c1-10-9-11(15-18-10)14-12(17)3-7-16-6-2-4-13-5-8-16/h9,13H,2-8H2,1H3,(H,14,15,17). The molecule has 0 atom stereocenters. The zero-order valence-electron chi connectivity index (χ0n) is 10.7. The Labute approximate surface area is 107 Å². The van der Waals surface area contributed by atoms with Crippen molar-refractivity contribution in [1.29, 1.82) is 0 Å². The van der Waals surface area contributed by atoms with Gasteiger partial charge in [-0.15, -0.1) is 0 Å². The molecule has 100 valence electrons. The van der Waals surface area contributed by atoms with Gasteiger partial charge >= 0.3 is 0 Å². The first-order valence-electron chi connectivity index (χ1n) is 6.40. The largest absolute Gasteiger partial charge is 0.360 e. The number of hydrogen-bond acceptors (Lipinski definition) is 5. The molecular weight excluding hydrogens is 232 g/mol. The van der Waals surface area contributed by atoms with Crippen LogP contribution in [-0.4, -0.2) is 48.7 Å². The lowest BCUT2D eigenvalue weighted by atomic mass is 10.3. The van der Waals surface area contributed by atoms with E-state index in [1.165, 1.54) is 0 Å². The highest BCUT2D eigenvalue weighted by Crippen LogP contribution is 2.07. The second-order valence-corrected chi connectivity index (χ2v) is 4.57. The van der Waals surface area contributed by atoms with Crippen molar-refractivity contribution in [1.82, 2.24) is 15.4 Å². The molecule has 6 heteroatoms. The van der Waals surface area contributed by atoms with E-state index < -0.39 is 0 Å². The first-order valence-corrected chi connectivity index (χ1v) is 6.40. The molecule has 0 aromatic carbocycles. The molecule has 0 radical (unpaired) electrons. The molecule has 2 rings (SSSR count). The Bertz CT molecular complexity index is 383. The number of anilines is 1. The van der Waals surface area contributed by atoms with E-state index in [9.17, 15) is 4.79 Å². The minimum absolute atomic E-state index is 0.0134. The van der Waals surface area contributed by atoms with Crippen LogP contribution in [0.4, 0.5) is 5.82 Å². The van der Waals surface area contributed by atoms with E-state index in [1.54, 1.807) is 13.0 Å². The molecule has 1 aromatic heterocycles. The molecule has 18 heavy (non-hydrogen) atoms. The van der Waals surface area contributed by atoms with Gasteiger partial charge in [0.25, 0.3) is 0 Å². The third-order valence-corrected chi connectivity index (χ3v) is 2.98.